The Labute approximate surface area is 331 Å². The lowest BCUT2D eigenvalue weighted by Crippen LogP contribution is -2.61. The molecule has 9 rings (SSSR count). The van der Waals surface area contributed by atoms with E-state index in [-0.39, 0.29) is 28.4 Å². The number of fused-ring (bicyclic) bond motifs is 2. The van der Waals surface area contributed by atoms with Gasteiger partial charge < -0.3 is 29.1 Å². The van der Waals surface area contributed by atoms with Crippen molar-refractivity contribution >= 4 is 39.5 Å². The number of nitrogens with one attached hydrogen (secondary N) is 1. The van der Waals surface area contributed by atoms with Crippen LogP contribution in [0.2, 0.25) is 0 Å². The quantitative estimate of drug-likeness (QED) is 0.167. The zero-order chi connectivity index (χ0) is 39.5. The summed E-state index contributed by atoms with van der Waals surface area (Å²) >= 11 is 0. The Morgan fingerprint density at radius 2 is 1.63 bits per heavy atom. The average Bonchev–Trinajstić information content (AvgIpc) is 3.94. The third-order valence-electron chi connectivity index (χ3n) is 13.7. The van der Waals surface area contributed by atoms with Crippen LogP contribution in [0.3, 0.4) is 0 Å². The maximum absolute atomic E-state index is 14.2. The summed E-state index contributed by atoms with van der Waals surface area (Å²) in [7, 11) is 1.75. The van der Waals surface area contributed by atoms with E-state index in [1.54, 1.807) is 13.3 Å². The molecule has 57 heavy (non-hydrogen) atoms. The smallest absolute Gasteiger partial charge is 0.422 e. The van der Waals surface area contributed by atoms with Gasteiger partial charge in [0.05, 0.1) is 18.3 Å². The molecule has 0 unspecified atom stereocenters. The van der Waals surface area contributed by atoms with Crippen LogP contribution in [0.1, 0.15) is 68.4 Å². The SMILES string of the molecule is C=CC(=O)N1CC2(CCN(c3nc(N4CCC5(CCN(CCOC)CC5)CC4)nc4c(OCC(F)(F)F)c(-c5c(C)ccc6[nH]ncc56)c(C5CC5)cc34)CC2)C1. The number of methoxy groups -OCH3 is 1. The van der Waals surface area contributed by atoms with Gasteiger partial charge in [-0.2, -0.15) is 23.3 Å². The molecule has 304 valence electrons. The number of aromatic nitrogens is 4. The van der Waals surface area contributed by atoms with Gasteiger partial charge >= 0.3 is 6.18 Å². The molecule has 2 spiro atoms. The molecule has 2 aromatic carbocycles. The average molecular weight is 787 g/mol. The van der Waals surface area contributed by atoms with Crippen molar-refractivity contribution in [3.8, 4) is 16.9 Å². The predicted octanol–water partition coefficient (Wildman–Crippen LogP) is 7.24. The molecule has 2 aromatic heterocycles. The van der Waals surface area contributed by atoms with Crippen LogP contribution in [0, 0.1) is 17.8 Å². The number of hydrogen-bond acceptors (Lipinski definition) is 9. The molecule has 1 saturated carbocycles. The molecule has 1 aliphatic carbocycles. The van der Waals surface area contributed by atoms with E-state index in [9.17, 15) is 18.0 Å². The van der Waals surface area contributed by atoms with Gasteiger partial charge in [-0.3, -0.25) is 9.89 Å². The molecule has 4 saturated heterocycles. The first-order valence-electron chi connectivity index (χ1n) is 20.6. The van der Waals surface area contributed by atoms with Gasteiger partial charge in [-0.1, -0.05) is 12.6 Å². The molecular formula is C43H53F3N8O3. The maximum atomic E-state index is 14.2. The van der Waals surface area contributed by atoms with E-state index in [1.807, 2.05) is 24.0 Å². The fraction of sp³-hybridized carbons (Fsp3) is 0.581. The lowest BCUT2D eigenvalue weighted by molar-refractivity contribution is -0.153. The summed E-state index contributed by atoms with van der Waals surface area (Å²) in [6.07, 6.45) is 6.53. The number of piperidine rings is 3. The molecule has 1 N–H and O–H groups in total. The van der Waals surface area contributed by atoms with Crippen molar-refractivity contribution in [1.29, 1.82) is 0 Å². The number of anilines is 2. The number of alkyl halides is 3. The molecule has 14 heteroatoms. The highest BCUT2D eigenvalue weighted by Crippen LogP contribution is 2.54. The van der Waals surface area contributed by atoms with Crippen molar-refractivity contribution in [3.05, 3.63) is 48.2 Å². The Kier molecular flexibility index (Phi) is 9.86. The van der Waals surface area contributed by atoms with E-state index in [1.165, 1.54) is 6.08 Å². The minimum absolute atomic E-state index is 0.0365. The summed E-state index contributed by atoms with van der Waals surface area (Å²) in [6, 6.07) is 6.10. The first-order valence-corrected chi connectivity index (χ1v) is 20.6. The number of nitrogens with zero attached hydrogens (tertiary/aromatic N) is 7. The second-order valence-corrected chi connectivity index (χ2v) is 17.4. The van der Waals surface area contributed by atoms with E-state index >= 15 is 0 Å². The number of ether oxygens (including phenoxy) is 2. The van der Waals surface area contributed by atoms with Gasteiger partial charge in [0, 0.05) is 74.7 Å². The van der Waals surface area contributed by atoms with Gasteiger partial charge in [0.25, 0.3) is 0 Å². The number of amides is 1. The molecule has 0 radical (unpaired) electrons. The van der Waals surface area contributed by atoms with E-state index in [0.717, 1.165) is 143 Å². The van der Waals surface area contributed by atoms with Crippen molar-refractivity contribution in [1.82, 2.24) is 30.0 Å². The minimum atomic E-state index is -4.56. The second-order valence-electron chi connectivity index (χ2n) is 17.4. The normalized spacial score (nSPS) is 21.1. The van der Waals surface area contributed by atoms with Crippen molar-refractivity contribution in [3.63, 3.8) is 0 Å². The number of likely N-dealkylation sites (tertiary alicyclic amines) is 2. The number of rotatable bonds is 10. The Hall–Kier alpha value is -4.43. The monoisotopic (exact) mass is 786 g/mol. The topological polar surface area (TPSA) is 103 Å². The zero-order valence-electron chi connectivity index (χ0n) is 33.1. The van der Waals surface area contributed by atoms with Crippen LogP contribution in [0.15, 0.2) is 37.1 Å². The van der Waals surface area contributed by atoms with E-state index in [4.69, 9.17) is 19.4 Å². The Balaban J connectivity index is 1.14. The van der Waals surface area contributed by atoms with Gasteiger partial charge in [0.15, 0.2) is 12.4 Å². The molecule has 5 fully saturated rings. The summed E-state index contributed by atoms with van der Waals surface area (Å²) < 4.78 is 54.0. The Morgan fingerprint density at radius 3 is 2.30 bits per heavy atom. The van der Waals surface area contributed by atoms with E-state index in [0.29, 0.717) is 30.1 Å². The second kappa shape index (κ2) is 14.7. The highest BCUT2D eigenvalue weighted by Gasteiger charge is 2.47. The molecule has 11 nitrogen and oxygen atoms in total. The van der Waals surface area contributed by atoms with Gasteiger partial charge in [-0.15, -0.1) is 0 Å². The van der Waals surface area contributed by atoms with Crippen molar-refractivity contribution in [2.24, 2.45) is 10.8 Å². The van der Waals surface area contributed by atoms with Gasteiger partial charge in [0.2, 0.25) is 11.9 Å². The van der Waals surface area contributed by atoms with Crippen LogP contribution >= 0.6 is 0 Å². The number of H-pyrrole nitrogens is 1. The summed E-state index contributed by atoms with van der Waals surface area (Å²) in [5.74, 6) is 1.59. The van der Waals surface area contributed by atoms with Gasteiger partial charge in [-0.05, 0) is 118 Å². The highest BCUT2D eigenvalue weighted by atomic mass is 19.4. The standard InChI is InChI=1S/C43H53F3N8O3/c1-4-34(55)54-25-42(26-54)13-17-52(18-14-42)39-31-23-30(29-6-7-29)36(35-28(2)5-8-33-32(35)24-47-50-33)38(57-27-43(44,45)46)37(31)48-40(49-39)53-19-11-41(12-20-53)9-15-51(16-10-41)21-22-56-3/h4-5,8,23-24,29H,1,6-7,9-22,25-27H2,2-3H3,(H,47,50). The first-order chi connectivity index (χ1) is 27.5. The molecule has 5 aliphatic rings. The third-order valence-corrected chi connectivity index (χ3v) is 13.7. The fourth-order valence-corrected chi connectivity index (χ4v) is 10.0. The molecule has 0 bridgehead atoms. The van der Waals surface area contributed by atoms with Crippen LogP contribution in [0.5, 0.6) is 5.75 Å². The first kappa shape index (κ1) is 38.1. The summed E-state index contributed by atoms with van der Waals surface area (Å²) in [4.78, 5) is 31.8. The predicted molar refractivity (Wildman–Crippen MR) is 215 cm³/mol. The third kappa shape index (κ3) is 7.32. The Bertz CT molecular complexity index is 2150. The number of aromatic amines is 1. The maximum Gasteiger partial charge on any atom is 0.422 e. The number of halogens is 3. The van der Waals surface area contributed by atoms with Crippen molar-refractivity contribution in [2.45, 2.75) is 70.4 Å². The molecule has 6 heterocycles. The van der Waals surface area contributed by atoms with Crippen molar-refractivity contribution in [2.75, 3.05) is 89.0 Å². The number of hydrogen-bond donors (Lipinski definition) is 1. The summed E-state index contributed by atoms with van der Waals surface area (Å²) in [5, 5.41) is 8.94. The number of aryl methyl sites for hydroxylation is 1. The fourth-order valence-electron chi connectivity index (χ4n) is 10.0. The van der Waals surface area contributed by atoms with Crippen LogP contribution in [0.25, 0.3) is 32.9 Å². The van der Waals surface area contributed by atoms with Crippen LogP contribution in [-0.2, 0) is 9.53 Å². The lowest BCUT2D eigenvalue weighted by Gasteiger charge is -2.54. The molecular weight excluding hydrogens is 734 g/mol. The highest BCUT2D eigenvalue weighted by molar-refractivity contribution is 6.06. The van der Waals surface area contributed by atoms with Crippen LogP contribution < -0.4 is 14.5 Å². The van der Waals surface area contributed by atoms with Gasteiger partial charge in [-0.25, -0.2) is 4.98 Å². The number of carbonyl (C=O) groups excluding carboxylic acids is 1. The molecule has 1 amide bonds. The lowest BCUT2D eigenvalue weighted by atomic mass is 9.71. The summed E-state index contributed by atoms with van der Waals surface area (Å²) in [6.45, 7) is 12.4. The van der Waals surface area contributed by atoms with Gasteiger partial charge in [0.1, 0.15) is 11.3 Å². The van der Waals surface area contributed by atoms with Crippen molar-refractivity contribution < 1.29 is 27.4 Å². The van der Waals surface area contributed by atoms with Crippen LogP contribution in [0.4, 0.5) is 24.9 Å². The van der Waals surface area contributed by atoms with E-state index < -0.39 is 12.8 Å². The molecule has 4 aromatic rings. The van der Waals surface area contributed by atoms with Crippen LogP contribution in [-0.4, -0.2) is 121 Å². The minimum Gasteiger partial charge on any atom is -0.481 e. The van der Waals surface area contributed by atoms with E-state index in [2.05, 4.69) is 37.5 Å². The number of benzene rings is 2. The number of carbonyl (C=O) groups is 1. The largest absolute Gasteiger partial charge is 0.481 e. The Morgan fingerprint density at radius 1 is 0.947 bits per heavy atom. The molecule has 4 aliphatic heterocycles. The summed E-state index contributed by atoms with van der Waals surface area (Å²) in [5.41, 5.74) is 4.93. The zero-order valence-corrected chi connectivity index (χ0v) is 33.1. The molecule has 0 atom stereocenters.